The van der Waals surface area contributed by atoms with Crippen molar-refractivity contribution in [2.24, 2.45) is 0 Å². The van der Waals surface area contributed by atoms with Crippen LogP contribution in [-0.2, 0) is 9.53 Å². The summed E-state index contributed by atoms with van der Waals surface area (Å²) in [4.78, 5) is 25.6. The summed E-state index contributed by atoms with van der Waals surface area (Å²) in [5.41, 5.74) is 0.926. The number of amides is 2. The Bertz CT molecular complexity index is 1110. The van der Waals surface area contributed by atoms with Crippen LogP contribution in [0.15, 0.2) is 36.4 Å². The van der Waals surface area contributed by atoms with Gasteiger partial charge in [-0.15, -0.1) is 0 Å². The Hall–Kier alpha value is -3.54. The van der Waals surface area contributed by atoms with Gasteiger partial charge in [-0.1, -0.05) is 6.07 Å². The van der Waals surface area contributed by atoms with E-state index < -0.39 is 36.5 Å². The molecule has 8 nitrogen and oxygen atoms in total. The van der Waals surface area contributed by atoms with Crippen molar-refractivity contribution in [2.45, 2.75) is 51.4 Å². The summed E-state index contributed by atoms with van der Waals surface area (Å²) >= 11 is 0. The average Bonchev–Trinajstić information content (AvgIpc) is 2.82. The second-order valence-electron chi connectivity index (χ2n) is 8.74. The lowest BCUT2D eigenvalue weighted by atomic mass is 10.0. The number of rotatable bonds is 9. The maximum absolute atomic E-state index is 14.3. The first-order chi connectivity index (χ1) is 17.4. The third-order valence-corrected chi connectivity index (χ3v) is 5.83. The summed E-state index contributed by atoms with van der Waals surface area (Å²) in [6, 6.07) is 7.34. The van der Waals surface area contributed by atoms with E-state index in [2.05, 4.69) is 10.6 Å². The predicted octanol–water partition coefficient (Wildman–Crippen LogP) is 5.57. The lowest BCUT2D eigenvalue weighted by molar-refractivity contribution is -0.144. The van der Waals surface area contributed by atoms with Crippen LogP contribution in [0, 0.1) is 12.7 Å². The molecule has 1 fully saturated rings. The molecule has 1 saturated heterocycles. The number of benzene rings is 2. The van der Waals surface area contributed by atoms with Crippen LogP contribution in [0.5, 0.6) is 5.75 Å². The van der Waals surface area contributed by atoms with E-state index >= 15 is 0 Å². The largest absolute Gasteiger partial charge is 0.479 e. The van der Waals surface area contributed by atoms with E-state index in [0.29, 0.717) is 31.6 Å². The van der Waals surface area contributed by atoms with Crippen molar-refractivity contribution in [1.82, 2.24) is 0 Å². The molecule has 2 aromatic rings. The number of halogens is 4. The molecular weight excluding hydrogens is 498 g/mol. The average molecular weight is 528 g/mol. The fourth-order valence-electron chi connectivity index (χ4n) is 3.93. The van der Waals surface area contributed by atoms with E-state index in [-0.39, 0.29) is 35.4 Å². The van der Waals surface area contributed by atoms with E-state index in [1.165, 1.54) is 37.3 Å². The number of carbonyl (C=O) groups excluding carboxylic acids is 1. The van der Waals surface area contributed by atoms with Crippen LogP contribution < -0.4 is 20.3 Å². The van der Waals surface area contributed by atoms with Crippen LogP contribution in [0.1, 0.15) is 31.7 Å². The van der Waals surface area contributed by atoms with Gasteiger partial charge >= 0.3 is 18.2 Å². The molecule has 0 bridgehead atoms. The molecule has 202 valence electrons. The first kappa shape index (κ1) is 28.0. The maximum Gasteiger partial charge on any atom is 0.390 e. The van der Waals surface area contributed by atoms with Gasteiger partial charge in [0.25, 0.3) is 0 Å². The highest BCUT2D eigenvalue weighted by Gasteiger charge is 2.32. The normalized spacial score (nSPS) is 15.1. The smallest absolute Gasteiger partial charge is 0.390 e. The second-order valence-corrected chi connectivity index (χ2v) is 8.74. The number of aryl methyl sites for hydroxylation is 1. The van der Waals surface area contributed by atoms with Crippen molar-refractivity contribution in [1.29, 1.82) is 0 Å². The third-order valence-electron chi connectivity index (χ3n) is 5.83. The molecule has 1 aliphatic heterocycles. The zero-order valence-electron chi connectivity index (χ0n) is 20.4. The number of carbonyl (C=O) groups is 2. The number of carboxylic acids is 1. The molecule has 1 unspecified atom stereocenters. The van der Waals surface area contributed by atoms with Crippen LogP contribution in [-0.4, -0.2) is 55.2 Å². The van der Waals surface area contributed by atoms with Gasteiger partial charge in [0.1, 0.15) is 11.6 Å². The molecule has 0 spiro atoms. The van der Waals surface area contributed by atoms with Gasteiger partial charge in [0.05, 0.1) is 23.5 Å². The summed E-state index contributed by atoms with van der Waals surface area (Å²) in [6.07, 6.45) is -5.75. The molecular formula is C25H29F4N3O5. The predicted molar refractivity (Wildman–Crippen MR) is 130 cm³/mol. The fraction of sp³-hybridized carbons (Fsp3) is 0.440. The summed E-state index contributed by atoms with van der Waals surface area (Å²) < 4.78 is 64.5. The highest BCUT2D eigenvalue weighted by atomic mass is 19.4. The number of aliphatic carboxylic acids is 1. The molecule has 2 aromatic carbocycles. The maximum atomic E-state index is 14.3. The standard InChI is InChI=1S/C25H29F4N3O5/c1-15-3-5-20(19(26)13-15)30-24(35)31-21-14-18(37-16(2)23(33)34)4-6-22(21)32(10-9-25(27,28)29)17-7-11-36-12-8-17/h3-6,13-14,16-17H,7-12H2,1-2H3,(H,33,34)(H2,30,31,35). The lowest BCUT2D eigenvalue weighted by Crippen LogP contribution is -2.42. The van der Waals surface area contributed by atoms with E-state index in [1.54, 1.807) is 17.9 Å². The van der Waals surface area contributed by atoms with Crippen molar-refractivity contribution < 1.29 is 41.7 Å². The van der Waals surface area contributed by atoms with Crippen molar-refractivity contribution in [3.8, 4) is 5.75 Å². The highest BCUT2D eigenvalue weighted by molar-refractivity contribution is 6.02. The number of nitrogens with one attached hydrogen (secondary N) is 2. The Morgan fingerprint density at radius 2 is 1.81 bits per heavy atom. The first-order valence-corrected chi connectivity index (χ1v) is 11.7. The number of urea groups is 1. The molecule has 1 heterocycles. The number of nitrogens with zero attached hydrogens (tertiary/aromatic N) is 1. The first-order valence-electron chi connectivity index (χ1n) is 11.7. The third kappa shape index (κ3) is 8.24. The highest BCUT2D eigenvalue weighted by Crippen LogP contribution is 2.35. The number of hydrogen-bond donors (Lipinski definition) is 3. The van der Waals surface area contributed by atoms with E-state index in [9.17, 15) is 27.2 Å². The van der Waals surface area contributed by atoms with Crippen molar-refractivity contribution in [3.63, 3.8) is 0 Å². The number of hydrogen-bond acceptors (Lipinski definition) is 5. The van der Waals surface area contributed by atoms with E-state index in [1.807, 2.05) is 0 Å². The Morgan fingerprint density at radius 1 is 1.14 bits per heavy atom. The summed E-state index contributed by atoms with van der Waals surface area (Å²) in [7, 11) is 0. The minimum atomic E-state index is -4.41. The molecule has 1 aliphatic rings. The Balaban J connectivity index is 1.95. The minimum Gasteiger partial charge on any atom is -0.479 e. The Morgan fingerprint density at radius 3 is 2.43 bits per heavy atom. The summed E-state index contributed by atoms with van der Waals surface area (Å²) in [6.45, 7) is 3.38. The second kappa shape index (κ2) is 12.1. The zero-order chi connectivity index (χ0) is 27.2. The van der Waals surface area contributed by atoms with Gasteiger partial charge in [0.2, 0.25) is 0 Å². The van der Waals surface area contributed by atoms with Gasteiger partial charge in [-0.05, 0) is 56.5 Å². The van der Waals surface area contributed by atoms with E-state index in [4.69, 9.17) is 14.6 Å². The summed E-state index contributed by atoms with van der Waals surface area (Å²) in [5.74, 6) is -1.80. The van der Waals surface area contributed by atoms with Gasteiger partial charge in [-0.2, -0.15) is 13.2 Å². The topological polar surface area (TPSA) is 100 Å². The van der Waals surface area contributed by atoms with Crippen LogP contribution in [0.4, 0.5) is 39.4 Å². The summed E-state index contributed by atoms with van der Waals surface area (Å²) in [5, 5.41) is 14.1. The van der Waals surface area contributed by atoms with Crippen LogP contribution >= 0.6 is 0 Å². The molecule has 0 saturated carbocycles. The van der Waals surface area contributed by atoms with Gasteiger partial charge in [-0.3, -0.25) is 0 Å². The Labute approximate surface area is 211 Å². The van der Waals surface area contributed by atoms with Gasteiger partial charge < -0.3 is 30.1 Å². The Kier molecular flexibility index (Phi) is 9.19. The van der Waals surface area contributed by atoms with Crippen molar-refractivity contribution >= 4 is 29.1 Å². The van der Waals surface area contributed by atoms with Gasteiger partial charge in [-0.25, -0.2) is 14.0 Å². The molecule has 0 aliphatic carbocycles. The number of alkyl halides is 3. The molecule has 0 aromatic heterocycles. The van der Waals surface area contributed by atoms with Crippen LogP contribution in [0.3, 0.4) is 0 Å². The molecule has 1 atom stereocenters. The quantitative estimate of drug-likeness (QED) is 0.369. The minimum absolute atomic E-state index is 0.0776. The van der Waals surface area contributed by atoms with Crippen LogP contribution in [0.25, 0.3) is 0 Å². The van der Waals surface area contributed by atoms with E-state index in [0.717, 1.165) is 0 Å². The van der Waals surface area contributed by atoms with Gasteiger partial charge in [0.15, 0.2) is 6.10 Å². The monoisotopic (exact) mass is 527 g/mol. The molecule has 3 N–H and O–H groups in total. The molecule has 3 rings (SSSR count). The van der Waals surface area contributed by atoms with Gasteiger partial charge in [0, 0.05) is 31.9 Å². The molecule has 37 heavy (non-hydrogen) atoms. The number of anilines is 3. The van der Waals surface area contributed by atoms with Crippen LogP contribution in [0.2, 0.25) is 0 Å². The number of ether oxygens (including phenoxy) is 2. The fourth-order valence-corrected chi connectivity index (χ4v) is 3.93. The molecule has 12 heteroatoms. The van der Waals surface area contributed by atoms with Crippen molar-refractivity contribution in [2.75, 3.05) is 35.3 Å². The van der Waals surface area contributed by atoms with Crippen molar-refractivity contribution in [3.05, 3.63) is 47.8 Å². The zero-order valence-corrected chi connectivity index (χ0v) is 20.4. The number of carboxylic acid groups (broad SMARTS) is 1. The lowest BCUT2D eigenvalue weighted by Gasteiger charge is -2.37. The molecule has 0 radical (unpaired) electrons. The molecule has 2 amide bonds. The SMILES string of the molecule is Cc1ccc(NC(=O)Nc2cc(OC(C)C(=O)O)ccc2N(CCC(F)(F)F)C2CCOCC2)c(F)c1.